The van der Waals surface area contributed by atoms with Crippen LogP contribution in [0.3, 0.4) is 0 Å². The van der Waals surface area contributed by atoms with Gasteiger partial charge in [0.2, 0.25) is 0 Å². The summed E-state index contributed by atoms with van der Waals surface area (Å²) in [6.45, 7) is 0.209. The van der Waals surface area contributed by atoms with Gasteiger partial charge in [0.05, 0.1) is 5.16 Å². The van der Waals surface area contributed by atoms with E-state index in [1.54, 1.807) is 0 Å². The van der Waals surface area contributed by atoms with Gasteiger partial charge in [0.1, 0.15) is 6.61 Å². The molecule has 0 N–H and O–H groups in total. The third kappa shape index (κ3) is 3.60. The lowest BCUT2D eigenvalue weighted by molar-refractivity contribution is 0.151. The van der Waals surface area contributed by atoms with Crippen LogP contribution < -0.4 is 0 Å². The predicted molar refractivity (Wildman–Crippen MR) is 51.7 cm³/mol. The van der Waals surface area contributed by atoms with Crippen molar-refractivity contribution in [2.45, 2.75) is 6.61 Å². The van der Waals surface area contributed by atoms with Gasteiger partial charge in [0, 0.05) is 0 Å². The minimum Gasteiger partial charge on any atom is -0.443 e. The van der Waals surface area contributed by atoms with Gasteiger partial charge in [-0.1, -0.05) is 30.3 Å². The Morgan fingerprint density at radius 2 is 2.15 bits per heavy atom. The number of aliphatic imine (C=N–C) groups is 1. The predicted octanol–water partition coefficient (Wildman–Crippen LogP) is 2.43. The van der Waals surface area contributed by atoms with E-state index in [-0.39, 0.29) is 6.61 Å². The molecule has 0 aliphatic rings. The fraction of sp³-hybridized carbons (Fsp3) is 0.111. The summed E-state index contributed by atoms with van der Waals surface area (Å²) in [6, 6.07) is 9.33. The number of nitrogens with zero attached hydrogens (tertiary/aromatic N) is 1. The third-order valence-electron chi connectivity index (χ3n) is 1.34. The van der Waals surface area contributed by atoms with Crippen molar-refractivity contribution in [1.82, 2.24) is 0 Å². The van der Waals surface area contributed by atoms with Crippen LogP contribution in [0.15, 0.2) is 35.3 Å². The highest BCUT2D eigenvalue weighted by molar-refractivity contribution is 7.78. The molecule has 0 saturated carbocycles. The lowest BCUT2D eigenvalue weighted by atomic mass is 10.2. The number of carbonyl (C=O) groups is 1. The summed E-state index contributed by atoms with van der Waals surface area (Å²) in [4.78, 5) is 13.8. The number of amides is 1. The molecule has 1 amide bonds. The first-order valence-electron chi connectivity index (χ1n) is 3.61. The fourth-order valence-corrected chi connectivity index (χ4v) is 0.863. The molecule has 0 atom stereocenters. The lowest BCUT2D eigenvalue weighted by Crippen LogP contribution is -1.98. The van der Waals surface area contributed by atoms with Crippen molar-refractivity contribution in [2.24, 2.45) is 4.99 Å². The Kier molecular flexibility index (Phi) is 3.82. The second kappa shape index (κ2) is 5.19. The summed E-state index contributed by atoms with van der Waals surface area (Å²) in [6.07, 6.45) is -0.709. The molecule has 1 aromatic carbocycles. The van der Waals surface area contributed by atoms with Gasteiger partial charge in [-0.15, -0.1) is 4.99 Å². The quantitative estimate of drug-likeness (QED) is 0.534. The first-order chi connectivity index (χ1) is 6.33. The fourth-order valence-electron chi connectivity index (χ4n) is 0.789. The van der Waals surface area contributed by atoms with Crippen LogP contribution in [0.4, 0.5) is 4.79 Å². The minimum atomic E-state index is -0.709. The average molecular weight is 193 g/mol. The van der Waals surface area contributed by atoms with Gasteiger partial charge in [-0.05, 0) is 17.8 Å². The van der Waals surface area contributed by atoms with E-state index in [1.807, 2.05) is 35.5 Å². The van der Waals surface area contributed by atoms with Gasteiger partial charge in [0.25, 0.3) is 0 Å². The van der Waals surface area contributed by atoms with Crippen molar-refractivity contribution in [3.63, 3.8) is 0 Å². The maximum absolute atomic E-state index is 10.7. The molecule has 66 valence electrons. The molecular formula is C9H7NO2S. The molecule has 0 unspecified atom stereocenters. The van der Waals surface area contributed by atoms with Crippen molar-refractivity contribution in [1.29, 1.82) is 0 Å². The Bertz CT molecular complexity index is 331. The Morgan fingerprint density at radius 3 is 2.77 bits per heavy atom. The third-order valence-corrected chi connectivity index (χ3v) is 1.43. The molecule has 3 nitrogen and oxygen atoms in total. The van der Waals surface area contributed by atoms with E-state index in [2.05, 4.69) is 17.2 Å². The molecule has 0 aromatic heterocycles. The number of hydrogen-bond donors (Lipinski definition) is 0. The number of thiocarbonyl (C=S) groups is 1. The van der Waals surface area contributed by atoms with Gasteiger partial charge in [-0.25, -0.2) is 4.79 Å². The van der Waals surface area contributed by atoms with Crippen LogP contribution in [0.25, 0.3) is 0 Å². The second-order valence-electron chi connectivity index (χ2n) is 2.24. The lowest BCUT2D eigenvalue weighted by Gasteiger charge is -1.99. The van der Waals surface area contributed by atoms with E-state index >= 15 is 0 Å². The highest BCUT2D eigenvalue weighted by Gasteiger charge is 1.97. The maximum Gasteiger partial charge on any atom is 0.442 e. The number of ether oxygens (including phenoxy) is 1. The van der Waals surface area contributed by atoms with Crippen molar-refractivity contribution in [2.75, 3.05) is 0 Å². The molecule has 13 heavy (non-hydrogen) atoms. The summed E-state index contributed by atoms with van der Waals surface area (Å²) in [5, 5.41) is 1.94. The van der Waals surface area contributed by atoms with Gasteiger partial charge in [-0.3, -0.25) is 0 Å². The topological polar surface area (TPSA) is 38.7 Å². The number of carbonyl (C=O) groups excluding carboxylic acids is 1. The van der Waals surface area contributed by atoms with Crippen LogP contribution in [0.2, 0.25) is 0 Å². The largest absolute Gasteiger partial charge is 0.443 e. The van der Waals surface area contributed by atoms with E-state index in [9.17, 15) is 4.79 Å². The van der Waals surface area contributed by atoms with Gasteiger partial charge < -0.3 is 4.74 Å². The molecule has 0 fully saturated rings. The summed E-state index contributed by atoms with van der Waals surface area (Å²) in [7, 11) is 0. The molecule has 4 heteroatoms. The first-order valence-corrected chi connectivity index (χ1v) is 4.02. The Labute approximate surface area is 81.1 Å². The molecular weight excluding hydrogens is 186 g/mol. The Morgan fingerprint density at radius 1 is 1.46 bits per heavy atom. The van der Waals surface area contributed by atoms with Crippen molar-refractivity contribution in [3.8, 4) is 0 Å². The number of benzene rings is 1. The number of isothiocyanates is 1. The summed E-state index contributed by atoms with van der Waals surface area (Å²) < 4.78 is 4.73. The van der Waals surface area contributed by atoms with Gasteiger partial charge >= 0.3 is 6.09 Å². The molecule has 0 bridgehead atoms. The van der Waals surface area contributed by atoms with Crippen LogP contribution in [-0.4, -0.2) is 11.3 Å². The second-order valence-corrected chi connectivity index (χ2v) is 2.43. The van der Waals surface area contributed by atoms with E-state index in [0.717, 1.165) is 5.56 Å². The van der Waals surface area contributed by atoms with Crippen molar-refractivity contribution < 1.29 is 9.53 Å². The highest BCUT2D eigenvalue weighted by Crippen LogP contribution is 2.00. The van der Waals surface area contributed by atoms with Crippen molar-refractivity contribution >= 4 is 23.5 Å². The van der Waals surface area contributed by atoms with Crippen LogP contribution >= 0.6 is 12.2 Å². The maximum atomic E-state index is 10.7. The average Bonchev–Trinajstić information content (AvgIpc) is 2.17. The molecule has 1 rings (SSSR count). The molecule has 0 aliphatic carbocycles. The molecule has 0 spiro atoms. The van der Waals surface area contributed by atoms with Crippen molar-refractivity contribution in [3.05, 3.63) is 35.9 Å². The molecule has 0 radical (unpaired) electrons. The van der Waals surface area contributed by atoms with Crippen LogP contribution in [0.1, 0.15) is 5.56 Å². The molecule has 0 aliphatic heterocycles. The number of hydrogen-bond acceptors (Lipinski definition) is 3. The van der Waals surface area contributed by atoms with E-state index < -0.39 is 6.09 Å². The standard InChI is InChI=1S/C9H7NO2S/c11-9(10-7-13)12-6-8-4-2-1-3-5-8/h1-5H,6H2. The molecule has 0 heterocycles. The zero-order chi connectivity index (χ0) is 9.52. The Hall–Kier alpha value is -1.51. The normalized spacial score (nSPS) is 8.62. The Balaban J connectivity index is 2.44. The van der Waals surface area contributed by atoms with Crippen LogP contribution in [0.5, 0.6) is 0 Å². The van der Waals surface area contributed by atoms with E-state index in [1.165, 1.54) is 0 Å². The molecule has 1 aromatic rings. The summed E-state index contributed by atoms with van der Waals surface area (Å²) in [5.74, 6) is 0. The highest BCUT2D eigenvalue weighted by atomic mass is 32.1. The number of rotatable bonds is 2. The zero-order valence-corrected chi connectivity index (χ0v) is 7.58. The summed E-state index contributed by atoms with van der Waals surface area (Å²) in [5.41, 5.74) is 0.912. The smallest absolute Gasteiger partial charge is 0.442 e. The monoisotopic (exact) mass is 193 g/mol. The summed E-state index contributed by atoms with van der Waals surface area (Å²) >= 11 is 4.24. The molecule has 0 saturated heterocycles. The van der Waals surface area contributed by atoms with Gasteiger partial charge in [0.15, 0.2) is 0 Å². The van der Waals surface area contributed by atoms with E-state index in [4.69, 9.17) is 4.74 Å². The zero-order valence-electron chi connectivity index (χ0n) is 6.77. The first kappa shape index (κ1) is 9.58. The van der Waals surface area contributed by atoms with Gasteiger partial charge in [-0.2, -0.15) is 0 Å². The van der Waals surface area contributed by atoms with E-state index in [0.29, 0.717) is 0 Å². The SMILES string of the molecule is O=C(N=C=S)OCc1ccccc1. The van der Waals surface area contributed by atoms with Crippen LogP contribution in [0, 0.1) is 0 Å². The van der Waals surface area contributed by atoms with Crippen LogP contribution in [-0.2, 0) is 11.3 Å². The minimum absolute atomic E-state index is 0.209.